The van der Waals surface area contributed by atoms with Crippen LogP contribution in [0.15, 0.2) is 64.6 Å². The molecule has 0 heterocycles. The Bertz CT molecular complexity index is 1260. The van der Waals surface area contributed by atoms with Gasteiger partial charge in [0.1, 0.15) is 18.2 Å². The Hall–Kier alpha value is -2.69. The standard InChI is InChI=1S/C24H16BrCl3N2O3/c1-32-22-9-15(8-16(12-29)24(31)30-19-6-4-17(26)5-7-19)20(25)11-23(22)33-13-14-2-3-18(27)10-21(14)28/h2-11H,13H2,1H3,(H,30,31)/b16-8-. The van der Waals surface area contributed by atoms with E-state index in [4.69, 9.17) is 44.3 Å². The first-order valence-corrected chi connectivity index (χ1v) is 11.4. The van der Waals surface area contributed by atoms with Crippen LogP contribution in [0.2, 0.25) is 15.1 Å². The Morgan fingerprint density at radius 3 is 2.39 bits per heavy atom. The highest BCUT2D eigenvalue weighted by molar-refractivity contribution is 9.10. The minimum Gasteiger partial charge on any atom is -0.493 e. The monoisotopic (exact) mass is 564 g/mol. The molecule has 0 aliphatic heterocycles. The van der Waals surface area contributed by atoms with Crippen LogP contribution in [0, 0.1) is 11.3 Å². The lowest BCUT2D eigenvalue weighted by atomic mass is 10.1. The molecule has 0 fully saturated rings. The fourth-order valence-corrected chi connectivity index (χ4v) is 3.79. The lowest BCUT2D eigenvalue weighted by Gasteiger charge is -2.14. The van der Waals surface area contributed by atoms with E-state index in [0.29, 0.717) is 42.3 Å². The largest absolute Gasteiger partial charge is 0.493 e. The minimum absolute atomic E-state index is 0.0886. The van der Waals surface area contributed by atoms with Crippen LogP contribution in [0.25, 0.3) is 6.08 Å². The molecule has 0 bridgehead atoms. The van der Waals surface area contributed by atoms with Gasteiger partial charge in [-0.2, -0.15) is 5.26 Å². The molecule has 3 aromatic carbocycles. The molecule has 168 valence electrons. The number of hydrogen-bond donors (Lipinski definition) is 1. The molecule has 0 aromatic heterocycles. The van der Waals surface area contributed by atoms with Crippen molar-refractivity contribution in [3.63, 3.8) is 0 Å². The Labute approximate surface area is 214 Å². The fourth-order valence-electron chi connectivity index (χ4n) is 2.76. The second-order valence-corrected chi connectivity index (χ2v) is 8.81. The summed E-state index contributed by atoms with van der Waals surface area (Å²) in [5, 5.41) is 13.7. The minimum atomic E-state index is -0.552. The van der Waals surface area contributed by atoms with Crippen LogP contribution >= 0.6 is 50.7 Å². The highest BCUT2D eigenvalue weighted by Gasteiger charge is 2.14. The van der Waals surface area contributed by atoms with Gasteiger partial charge in [-0.25, -0.2) is 0 Å². The van der Waals surface area contributed by atoms with Gasteiger partial charge >= 0.3 is 0 Å². The van der Waals surface area contributed by atoms with Gasteiger partial charge in [-0.1, -0.05) is 56.8 Å². The molecule has 0 aliphatic rings. The van der Waals surface area contributed by atoms with Crippen molar-refractivity contribution in [2.24, 2.45) is 0 Å². The zero-order chi connectivity index (χ0) is 24.0. The van der Waals surface area contributed by atoms with Crippen LogP contribution in [0.5, 0.6) is 11.5 Å². The Balaban J connectivity index is 1.82. The van der Waals surface area contributed by atoms with E-state index in [1.54, 1.807) is 54.6 Å². The fraction of sp³-hybridized carbons (Fsp3) is 0.0833. The van der Waals surface area contributed by atoms with Gasteiger partial charge in [0.25, 0.3) is 5.91 Å². The molecular formula is C24H16BrCl3N2O3. The highest BCUT2D eigenvalue weighted by atomic mass is 79.9. The number of halogens is 4. The van der Waals surface area contributed by atoms with Crippen molar-refractivity contribution < 1.29 is 14.3 Å². The van der Waals surface area contributed by atoms with Crippen LogP contribution in [-0.2, 0) is 11.4 Å². The smallest absolute Gasteiger partial charge is 0.266 e. The third kappa shape index (κ3) is 6.66. The van der Waals surface area contributed by atoms with E-state index in [-0.39, 0.29) is 12.2 Å². The van der Waals surface area contributed by atoms with Gasteiger partial charge in [0, 0.05) is 30.8 Å². The van der Waals surface area contributed by atoms with Crippen molar-refractivity contribution in [3.8, 4) is 17.6 Å². The summed E-state index contributed by atoms with van der Waals surface area (Å²) in [6.45, 7) is 0.195. The van der Waals surface area contributed by atoms with Gasteiger partial charge < -0.3 is 14.8 Å². The lowest BCUT2D eigenvalue weighted by Crippen LogP contribution is -2.13. The zero-order valence-electron chi connectivity index (χ0n) is 17.2. The van der Waals surface area contributed by atoms with Gasteiger partial charge in [-0.3, -0.25) is 4.79 Å². The second kappa shape index (κ2) is 11.4. The number of carbonyl (C=O) groups excluding carboxylic acids is 1. The number of hydrogen-bond acceptors (Lipinski definition) is 4. The van der Waals surface area contributed by atoms with E-state index in [0.717, 1.165) is 5.56 Å². The predicted octanol–water partition coefficient (Wildman–Crippen LogP) is 7.54. The molecule has 0 atom stereocenters. The van der Waals surface area contributed by atoms with Gasteiger partial charge in [-0.15, -0.1) is 0 Å². The number of ether oxygens (including phenoxy) is 2. The van der Waals surface area contributed by atoms with Crippen molar-refractivity contribution in [2.75, 3.05) is 12.4 Å². The summed E-state index contributed by atoms with van der Waals surface area (Å²) < 4.78 is 11.9. The lowest BCUT2D eigenvalue weighted by molar-refractivity contribution is -0.112. The number of benzene rings is 3. The SMILES string of the molecule is COc1cc(/C=C(/C#N)C(=O)Nc2ccc(Cl)cc2)c(Br)cc1OCc1ccc(Cl)cc1Cl. The van der Waals surface area contributed by atoms with Crippen LogP contribution in [0.4, 0.5) is 5.69 Å². The molecule has 0 spiro atoms. The first-order chi connectivity index (χ1) is 15.8. The molecular weight excluding hydrogens is 551 g/mol. The third-order valence-corrected chi connectivity index (χ3v) is 5.97. The molecule has 33 heavy (non-hydrogen) atoms. The average molecular weight is 567 g/mol. The molecule has 3 rings (SSSR count). The van der Waals surface area contributed by atoms with Gasteiger partial charge in [0.05, 0.1) is 7.11 Å². The van der Waals surface area contributed by atoms with Crippen LogP contribution in [0.1, 0.15) is 11.1 Å². The number of nitriles is 1. The van der Waals surface area contributed by atoms with Crippen LogP contribution in [-0.4, -0.2) is 13.0 Å². The molecule has 1 N–H and O–H groups in total. The molecule has 5 nitrogen and oxygen atoms in total. The summed E-state index contributed by atoms with van der Waals surface area (Å²) in [6.07, 6.45) is 1.46. The first kappa shape index (κ1) is 24.9. The van der Waals surface area contributed by atoms with Gasteiger partial charge in [-0.05, 0) is 60.2 Å². The molecule has 0 aliphatic carbocycles. The number of methoxy groups -OCH3 is 1. The summed E-state index contributed by atoms with van der Waals surface area (Å²) in [5.41, 5.74) is 1.75. The summed E-state index contributed by atoms with van der Waals surface area (Å²) >= 11 is 21.5. The van der Waals surface area contributed by atoms with Crippen molar-refractivity contribution in [3.05, 3.63) is 90.8 Å². The maximum atomic E-state index is 12.6. The number of anilines is 1. The summed E-state index contributed by atoms with van der Waals surface area (Å²) in [5.74, 6) is 0.324. The summed E-state index contributed by atoms with van der Waals surface area (Å²) in [7, 11) is 1.50. The summed E-state index contributed by atoms with van der Waals surface area (Å²) in [4.78, 5) is 12.6. The van der Waals surface area contributed by atoms with Crippen LogP contribution < -0.4 is 14.8 Å². The highest BCUT2D eigenvalue weighted by Crippen LogP contribution is 2.35. The van der Waals surface area contributed by atoms with Crippen molar-refractivity contribution in [2.45, 2.75) is 6.61 Å². The van der Waals surface area contributed by atoms with E-state index >= 15 is 0 Å². The number of nitrogens with one attached hydrogen (secondary N) is 1. The van der Waals surface area contributed by atoms with Crippen molar-refractivity contribution >= 4 is 68.4 Å². The van der Waals surface area contributed by atoms with Gasteiger partial charge in [0.15, 0.2) is 11.5 Å². The molecule has 1 amide bonds. The molecule has 0 saturated carbocycles. The van der Waals surface area contributed by atoms with Crippen molar-refractivity contribution in [1.82, 2.24) is 0 Å². The Kier molecular flexibility index (Phi) is 8.65. The second-order valence-electron chi connectivity index (χ2n) is 6.68. The molecule has 9 heteroatoms. The third-order valence-electron chi connectivity index (χ3n) is 4.45. The molecule has 3 aromatic rings. The Morgan fingerprint density at radius 1 is 1.06 bits per heavy atom. The average Bonchev–Trinajstić information content (AvgIpc) is 2.79. The van der Waals surface area contributed by atoms with Crippen molar-refractivity contribution in [1.29, 1.82) is 5.26 Å². The van der Waals surface area contributed by atoms with E-state index < -0.39 is 5.91 Å². The number of rotatable bonds is 7. The molecule has 0 saturated heterocycles. The number of amides is 1. The maximum absolute atomic E-state index is 12.6. The number of carbonyl (C=O) groups is 1. The summed E-state index contributed by atoms with van der Waals surface area (Å²) in [6, 6.07) is 17.0. The van der Waals surface area contributed by atoms with E-state index in [2.05, 4.69) is 21.2 Å². The van der Waals surface area contributed by atoms with E-state index in [1.807, 2.05) is 6.07 Å². The number of nitrogens with zero attached hydrogens (tertiary/aromatic N) is 1. The van der Waals surface area contributed by atoms with Crippen LogP contribution in [0.3, 0.4) is 0 Å². The zero-order valence-corrected chi connectivity index (χ0v) is 21.0. The van der Waals surface area contributed by atoms with Gasteiger partial charge in [0.2, 0.25) is 0 Å². The molecule has 0 unspecified atom stereocenters. The Morgan fingerprint density at radius 2 is 1.76 bits per heavy atom. The predicted molar refractivity (Wildman–Crippen MR) is 135 cm³/mol. The van der Waals surface area contributed by atoms with E-state index in [1.165, 1.54) is 13.2 Å². The normalized spacial score (nSPS) is 11.0. The quantitative estimate of drug-likeness (QED) is 0.237. The first-order valence-electron chi connectivity index (χ1n) is 9.43. The topological polar surface area (TPSA) is 71.3 Å². The maximum Gasteiger partial charge on any atom is 0.266 e. The molecule has 0 radical (unpaired) electrons. The van der Waals surface area contributed by atoms with E-state index in [9.17, 15) is 10.1 Å².